The van der Waals surface area contributed by atoms with Crippen molar-refractivity contribution >= 4 is 30.5 Å². The Morgan fingerprint density at radius 1 is 0.700 bits per heavy atom. The van der Waals surface area contributed by atoms with Gasteiger partial charge < -0.3 is 0 Å². The fraction of sp³-hybridized carbons (Fsp3) is 0. The first-order chi connectivity index (χ1) is 9.57. The van der Waals surface area contributed by atoms with Crippen molar-refractivity contribution in [2.24, 2.45) is 0 Å². The molecule has 100 valence electrons. The predicted molar refractivity (Wildman–Crippen MR) is 82.4 cm³/mol. The summed E-state index contributed by atoms with van der Waals surface area (Å²) in [5, 5.41) is 2.06. The van der Waals surface area contributed by atoms with Crippen LogP contribution in [-0.2, 0) is 9.05 Å². The molecule has 0 fully saturated rings. The summed E-state index contributed by atoms with van der Waals surface area (Å²) in [4.78, 5) is 0.137. The third-order valence-corrected chi connectivity index (χ3v) is 4.61. The number of rotatable bonds is 2. The molecule has 0 N–H and O–H groups in total. The lowest BCUT2D eigenvalue weighted by atomic mass is 9.98. The molecule has 0 bridgehead atoms. The van der Waals surface area contributed by atoms with E-state index < -0.39 is 9.05 Å². The largest absolute Gasteiger partial charge is 0.261 e. The van der Waals surface area contributed by atoms with E-state index in [4.69, 9.17) is 10.7 Å². The average molecular weight is 303 g/mol. The van der Waals surface area contributed by atoms with Crippen LogP contribution in [0.5, 0.6) is 0 Å². The highest BCUT2D eigenvalue weighted by atomic mass is 35.7. The van der Waals surface area contributed by atoms with E-state index >= 15 is 0 Å². The van der Waals surface area contributed by atoms with E-state index in [0.717, 1.165) is 16.3 Å². The number of hydrogen-bond donors (Lipinski definition) is 0. The van der Waals surface area contributed by atoms with Crippen molar-refractivity contribution in [1.29, 1.82) is 0 Å². The number of benzene rings is 3. The minimum Gasteiger partial charge on any atom is -0.207 e. The van der Waals surface area contributed by atoms with Gasteiger partial charge in [0.15, 0.2) is 0 Å². The molecule has 4 heteroatoms. The van der Waals surface area contributed by atoms with E-state index in [9.17, 15) is 8.42 Å². The number of halogens is 1. The van der Waals surface area contributed by atoms with E-state index in [2.05, 4.69) is 0 Å². The van der Waals surface area contributed by atoms with Crippen LogP contribution in [0.25, 0.3) is 21.9 Å². The van der Waals surface area contributed by atoms with Gasteiger partial charge in [-0.3, -0.25) is 0 Å². The van der Waals surface area contributed by atoms with E-state index in [-0.39, 0.29) is 4.90 Å². The Morgan fingerprint density at radius 2 is 1.30 bits per heavy atom. The van der Waals surface area contributed by atoms with Crippen LogP contribution >= 0.6 is 10.7 Å². The molecular weight excluding hydrogens is 292 g/mol. The first-order valence-corrected chi connectivity index (χ1v) is 8.40. The summed E-state index contributed by atoms with van der Waals surface area (Å²) in [6, 6.07) is 20.5. The SMILES string of the molecule is O=S(=O)(Cl)c1ccccc1-c1cccc2ccccc12. The van der Waals surface area contributed by atoms with Crippen molar-refractivity contribution in [2.75, 3.05) is 0 Å². The van der Waals surface area contributed by atoms with E-state index in [1.165, 1.54) is 6.07 Å². The minimum atomic E-state index is -3.78. The zero-order valence-corrected chi connectivity index (χ0v) is 12.0. The van der Waals surface area contributed by atoms with Crippen LogP contribution in [0.15, 0.2) is 71.6 Å². The molecule has 0 spiro atoms. The highest BCUT2D eigenvalue weighted by Gasteiger charge is 2.17. The summed E-state index contributed by atoms with van der Waals surface area (Å²) < 4.78 is 23.5. The Hall–Kier alpha value is -1.84. The van der Waals surface area contributed by atoms with Gasteiger partial charge in [0.1, 0.15) is 0 Å². The summed E-state index contributed by atoms with van der Waals surface area (Å²) in [6.07, 6.45) is 0. The summed E-state index contributed by atoms with van der Waals surface area (Å²) in [5.74, 6) is 0. The summed E-state index contributed by atoms with van der Waals surface area (Å²) in [7, 11) is 1.76. The zero-order valence-electron chi connectivity index (χ0n) is 10.5. The Kier molecular flexibility index (Phi) is 3.24. The molecule has 3 aromatic carbocycles. The van der Waals surface area contributed by atoms with Gasteiger partial charge in [-0.15, -0.1) is 0 Å². The van der Waals surface area contributed by atoms with Gasteiger partial charge in [-0.05, 0) is 22.4 Å². The molecule has 0 amide bonds. The fourth-order valence-corrected chi connectivity index (χ4v) is 3.45. The van der Waals surface area contributed by atoms with Crippen molar-refractivity contribution in [3.05, 3.63) is 66.7 Å². The molecular formula is C16H11ClO2S. The number of hydrogen-bond acceptors (Lipinski definition) is 2. The zero-order chi connectivity index (χ0) is 14.2. The standard InChI is InChI=1S/C16H11ClO2S/c17-20(18,19)16-11-4-3-9-15(16)14-10-5-7-12-6-1-2-8-13(12)14/h1-11H. The van der Waals surface area contributed by atoms with Gasteiger partial charge in [0, 0.05) is 16.2 Å². The third kappa shape index (κ3) is 2.30. The van der Waals surface area contributed by atoms with Crippen LogP contribution in [0.4, 0.5) is 0 Å². The van der Waals surface area contributed by atoms with Gasteiger partial charge in [0.05, 0.1) is 4.90 Å². The molecule has 0 saturated heterocycles. The smallest absolute Gasteiger partial charge is 0.207 e. The van der Waals surface area contributed by atoms with E-state index in [1.54, 1.807) is 12.1 Å². The molecule has 20 heavy (non-hydrogen) atoms. The predicted octanol–water partition coefficient (Wildman–Crippen LogP) is 4.43. The van der Waals surface area contributed by atoms with Crippen LogP contribution < -0.4 is 0 Å². The molecule has 3 rings (SSSR count). The fourth-order valence-electron chi connectivity index (χ4n) is 2.36. The maximum atomic E-state index is 11.7. The molecule has 0 radical (unpaired) electrons. The summed E-state index contributed by atoms with van der Waals surface area (Å²) >= 11 is 0. The van der Waals surface area contributed by atoms with Crippen molar-refractivity contribution in [1.82, 2.24) is 0 Å². The molecule has 0 aliphatic rings. The molecule has 0 saturated carbocycles. The van der Waals surface area contributed by atoms with Gasteiger partial charge in [-0.2, -0.15) is 0 Å². The Labute approximate surface area is 122 Å². The molecule has 2 nitrogen and oxygen atoms in total. The van der Waals surface area contributed by atoms with Gasteiger partial charge in [-0.25, -0.2) is 8.42 Å². The number of fused-ring (bicyclic) bond motifs is 1. The van der Waals surface area contributed by atoms with Crippen molar-refractivity contribution in [3.63, 3.8) is 0 Å². The second-order valence-electron chi connectivity index (χ2n) is 4.46. The molecule has 0 aliphatic heterocycles. The van der Waals surface area contributed by atoms with Gasteiger partial charge >= 0.3 is 0 Å². The lowest BCUT2D eigenvalue weighted by Gasteiger charge is -2.10. The Morgan fingerprint density at radius 3 is 2.10 bits per heavy atom. The summed E-state index contributed by atoms with van der Waals surface area (Å²) in [5.41, 5.74) is 1.49. The maximum absolute atomic E-state index is 11.7. The molecule has 0 unspecified atom stereocenters. The molecule has 0 atom stereocenters. The highest BCUT2D eigenvalue weighted by molar-refractivity contribution is 8.13. The van der Waals surface area contributed by atoms with Crippen LogP contribution in [0.3, 0.4) is 0 Å². The Bertz CT molecular complexity index is 880. The highest BCUT2D eigenvalue weighted by Crippen LogP contribution is 2.34. The topological polar surface area (TPSA) is 34.1 Å². The Balaban J connectivity index is 2.38. The third-order valence-electron chi connectivity index (χ3n) is 3.23. The van der Waals surface area contributed by atoms with E-state index in [1.807, 2.05) is 48.5 Å². The van der Waals surface area contributed by atoms with Crippen molar-refractivity contribution in [2.45, 2.75) is 4.90 Å². The second kappa shape index (κ2) is 4.93. The van der Waals surface area contributed by atoms with E-state index in [0.29, 0.717) is 5.56 Å². The van der Waals surface area contributed by atoms with Crippen molar-refractivity contribution < 1.29 is 8.42 Å². The minimum absolute atomic E-state index is 0.137. The quantitative estimate of drug-likeness (QED) is 0.656. The molecule has 0 aromatic heterocycles. The average Bonchev–Trinajstić information content (AvgIpc) is 2.46. The summed E-state index contributed by atoms with van der Waals surface area (Å²) in [6.45, 7) is 0. The van der Waals surface area contributed by atoms with Crippen LogP contribution in [-0.4, -0.2) is 8.42 Å². The first-order valence-electron chi connectivity index (χ1n) is 6.09. The molecule has 0 aliphatic carbocycles. The maximum Gasteiger partial charge on any atom is 0.261 e. The second-order valence-corrected chi connectivity index (χ2v) is 7.00. The van der Waals surface area contributed by atoms with Crippen molar-refractivity contribution in [3.8, 4) is 11.1 Å². The molecule has 0 heterocycles. The van der Waals surface area contributed by atoms with Crippen LogP contribution in [0.1, 0.15) is 0 Å². The molecule has 3 aromatic rings. The monoisotopic (exact) mass is 302 g/mol. The van der Waals surface area contributed by atoms with Gasteiger partial charge in [0.25, 0.3) is 9.05 Å². The normalized spacial score (nSPS) is 11.7. The van der Waals surface area contributed by atoms with Gasteiger partial charge in [0.2, 0.25) is 0 Å². The first kappa shape index (κ1) is 13.2. The van der Waals surface area contributed by atoms with Gasteiger partial charge in [-0.1, -0.05) is 60.7 Å². The van der Waals surface area contributed by atoms with Crippen LogP contribution in [0, 0.1) is 0 Å². The lowest BCUT2D eigenvalue weighted by molar-refractivity contribution is 0.610. The lowest BCUT2D eigenvalue weighted by Crippen LogP contribution is -1.94. The van der Waals surface area contributed by atoms with Crippen LogP contribution in [0.2, 0.25) is 0 Å².